The van der Waals surface area contributed by atoms with Crippen LogP contribution in [0.5, 0.6) is 0 Å². The fourth-order valence-electron chi connectivity index (χ4n) is 1.94. The zero-order chi connectivity index (χ0) is 12.7. The Morgan fingerprint density at radius 1 is 1.35 bits per heavy atom. The van der Waals surface area contributed by atoms with Gasteiger partial charge in [-0.25, -0.2) is 4.39 Å². The van der Waals surface area contributed by atoms with Crippen molar-refractivity contribution in [3.05, 3.63) is 29.6 Å². The molecule has 0 heterocycles. The van der Waals surface area contributed by atoms with Gasteiger partial charge in [-0.05, 0) is 25.6 Å². The minimum Gasteiger partial charge on any atom is -0.395 e. The molecule has 0 unspecified atom stereocenters. The number of hydrogen-bond acceptors (Lipinski definition) is 3. The summed E-state index contributed by atoms with van der Waals surface area (Å²) in [6.45, 7) is 4.00. The molecule has 0 saturated heterocycles. The second-order valence-electron chi connectivity index (χ2n) is 3.98. The van der Waals surface area contributed by atoms with Gasteiger partial charge >= 0.3 is 0 Å². The van der Waals surface area contributed by atoms with Crippen LogP contribution in [0.4, 0.5) is 10.1 Å². The van der Waals surface area contributed by atoms with E-state index in [0.29, 0.717) is 18.7 Å². The van der Waals surface area contributed by atoms with E-state index in [1.807, 2.05) is 11.0 Å². The van der Waals surface area contributed by atoms with Gasteiger partial charge in [0.25, 0.3) is 0 Å². The molecule has 0 aliphatic heterocycles. The standard InChI is InChI=1S/C13H21FN2O/c1-3-7-16(8-9-17)13-6-4-5-12(14)11(13)10-15-2/h4-6,15,17H,3,7-10H2,1-2H3. The largest absolute Gasteiger partial charge is 0.395 e. The van der Waals surface area contributed by atoms with Gasteiger partial charge in [-0.3, -0.25) is 0 Å². The lowest BCUT2D eigenvalue weighted by Crippen LogP contribution is -2.29. The highest BCUT2D eigenvalue weighted by atomic mass is 19.1. The van der Waals surface area contributed by atoms with Crippen molar-refractivity contribution in [2.24, 2.45) is 0 Å². The second-order valence-corrected chi connectivity index (χ2v) is 3.98. The van der Waals surface area contributed by atoms with Crippen LogP contribution in [-0.4, -0.2) is 31.9 Å². The van der Waals surface area contributed by atoms with Gasteiger partial charge in [-0.2, -0.15) is 0 Å². The van der Waals surface area contributed by atoms with Crippen LogP contribution in [0.15, 0.2) is 18.2 Å². The molecule has 2 N–H and O–H groups in total. The third kappa shape index (κ3) is 3.68. The molecular weight excluding hydrogens is 219 g/mol. The van der Waals surface area contributed by atoms with Crippen molar-refractivity contribution >= 4 is 5.69 Å². The fraction of sp³-hybridized carbons (Fsp3) is 0.538. The molecule has 0 aliphatic rings. The van der Waals surface area contributed by atoms with Crippen molar-refractivity contribution in [3.8, 4) is 0 Å². The SMILES string of the molecule is CCCN(CCO)c1cccc(F)c1CNC. The molecule has 3 nitrogen and oxygen atoms in total. The number of halogens is 1. The summed E-state index contributed by atoms with van der Waals surface area (Å²) in [6.07, 6.45) is 0.968. The fourth-order valence-corrected chi connectivity index (χ4v) is 1.94. The molecule has 1 aromatic carbocycles. The van der Waals surface area contributed by atoms with Gasteiger partial charge < -0.3 is 15.3 Å². The van der Waals surface area contributed by atoms with E-state index in [-0.39, 0.29) is 12.4 Å². The molecule has 17 heavy (non-hydrogen) atoms. The molecule has 1 rings (SSSR count). The van der Waals surface area contributed by atoms with Gasteiger partial charge in [0.15, 0.2) is 0 Å². The Morgan fingerprint density at radius 3 is 2.71 bits per heavy atom. The van der Waals surface area contributed by atoms with Crippen molar-refractivity contribution in [2.45, 2.75) is 19.9 Å². The number of anilines is 1. The van der Waals surface area contributed by atoms with E-state index in [9.17, 15) is 4.39 Å². The molecule has 0 saturated carbocycles. The lowest BCUT2D eigenvalue weighted by Gasteiger charge is -2.26. The van der Waals surface area contributed by atoms with E-state index in [4.69, 9.17) is 5.11 Å². The highest BCUT2D eigenvalue weighted by Crippen LogP contribution is 2.23. The first-order valence-electron chi connectivity index (χ1n) is 6.02. The predicted molar refractivity (Wildman–Crippen MR) is 68.8 cm³/mol. The van der Waals surface area contributed by atoms with Gasteiger partial charge in [-0.15, -0.1) is 0 Å². The summed E-state index contributed by atoms with van der Waals surface area (Å²) < 4.78 is 13.7. The Labute approximate surface area is 102 Å². The summed E-state index contributed by atoms with van der Waals surface area (Å²) in [7, 11) is 1.80. The average Bonchev–Trinajstić information content (AvgIpc) is 2.32. The minimum atomic E-state index is -0.198. The molecule has 0 aliphatic carbocycles. The predicted octanol–water partition coefficient (Wildman–Crippen LogP) is 1.75. The summed E-state index contributed by atoms with van der Waals surface area (Å²) in [4.78, 5) is 2.02. The summed E-state index contributed by atoms with van der Waals surface area (Å²) >= 11 is 0. The molecule has 0 bridgehead atoms. The average molecular weight is 240 g/mol. The Hall–Kier alpha value is -1.13. The number of hydrogen-bond donors (Lipinski definition) is 2. The Bertz CT molecular complexity index is 338. The van der Waals surface area contributed by atoms with Crippen LogP contribution < -0.4 is 10.2 Å². The maximum Gasteiger partial charge on any atom is 0.129 e. The van der Waals surface area contributed by atoms with E-state index >= 15 is 0 Å². The third-order valence-corrected chi connectivity index (χ3v) is 2.65. The number of aliphatic hydroxyl groups excluding tert-OH is 1. The number of nitrogens with one attached hydrogen (secondary N) is 1. The van der Waals surface area contributed by atoms with E-state index in [1.54, 1.807) is 13.1 Å². The first kappa shape index (κ1) is 13.9. The maximum atomic E-state index is 13.7. The molecule has 0 spiro atoms. The van der Waals surface area contributed by atoms with Crippen molar-refractivity contribution in [1.82, 2.24) is 5.32 Å². The van der Waals surface area contributed by atoms with Crippen molar-refractivity contribution in [2.75, 3.05) is 31.6 Å². The summed E-state index contributed by atoms with van der Waals surface area (Å²) in [5.41, 5.74) is 1.53. The molecule has 0 amide bonds. The van der Waals surface area contributed by atoms with E-state index in [2.05, 4.69) is 12.2 Å². The monoisotopic (exact) mass is 240 g/mol. The molecule has 0 aromatic heterocycles. The summed E-state index contributed by atoms with van der Waals surface area (Å²) in [5, 5.41) is 12.0. The van der Waals surface area contributed by atoms with Crippen LogP contribution in [0.1, 0.15) is 18.9 Å². The second kappa shape index (κ2) is 7.25. The molecular formula is C13H21FN2O. The van der Waals surface area contributed by atoms with Gasteiger partial charge in [0, 0.05) is 30.9 Å². The lowest BCUT2D eigenvalue weighted by atomic mass is 10.1. The molecule has 4 heteroatoms. The van der Waals surface area contributed by atoms with Crippen LogP contribution >= 0.6 is 0 Å². The number of nitrogens with zero attached hydrogens (tertiary/aromatic N) is 1. The number of aliphatic hydroxyl groups is 1. The number of rotatable bonds is 7. The zero-order valence-corrected chi connectivity index (χ0v) is 10.5. The van der Waals surface area contributed by atoms with Gasteiger partial charge in [0.2, 0.25) is 0 Å². The summed E-state index contributed by atoms with van der Waals surface area (Å²) in [6, 6.07) is 5.09. The van der Waals surface area contributed by atoms with Crippen LogP contribution in [0.25, 0.3) is 0 Å². The van der Waals surface area contributed by atoms with Gasteiger partial charge in [0.1, 0.15) is 5.82 Å². The Kier molecular flexibility index (Phi) is 5.94. The zero-order valence-electron chi connectivity index (χ0n) is 10.5. The topological polar surface area (TPSA) is 35.5 Å². The van der Waals surface area contributed by atoms with Crippen LogP contribution in [0.2, 0.25) is 0 Å². The molecule has 96 valence electrons. The van der Waals surface area contributed by atoms with E-state index < -0.39 is 0 Å². The molecule has 1 aromatic rings. The first-order chi connectivity index (χ1) is 8.24. The first-order valence-corrected chi connectivity index (χ1v) is 6.02. The molecule has 0 atom stereocenters. The maximum absolute atomic E-state index is 13.7. The highest BCUT2D eigenvalue weighted by Gasteiger charge is 2.13. The summed E-state index contributed by atoms with van der Waals surface area (Å²) in [5.74, 6) is -0.198. The Balaban J connectivity index is 3.03. The van der Waals surface area contributed by atoms with Crippen molar-refractivity contribution in [3.63, 3.8) is 0 Å². The third-order valence-electron chi connectivity index (χ3n) is 2.65. The molecule has 0 radical (unpaired) electrons. The van der Waals surface area contributed by atoms with E-state index in [1.165, 1.54) is 6.07 Å². The molecule has 0 fully saturated rings. The van der Waals surface area contributed by atoms with Crippen LogP contribution in [0.3, 0.4) is 0 Å². The van der Waals surface area contributed by atoms with Crippen LogP contribution in [0, 0.1) is 5.82 Å². The Morgan fingerprint density at radius 2 is 2.12 bits per heavy atom. The highest BCUT2D eigenvalue weighted by molar-refractivity contribution is 5.54. The van der Waals surface area contributed by atoms with Gasteiger partial charge in [-0.1, -0.05) is 13.0 Å². The van der Waals surface area contributed by atoms with Gasteiger partial charge in [0.05, 0.1) is 6.61 Å². The van der Waals surface area contributed by atoms with Crippen LogP contribution in [-0.2, 0) is 6.54 Å². The van der Waals surface area contributed by atoms with Crippen molar-refractivity contribution in [1.29, 1.82) is 0 Å². The number of benzene rings is 1. The quantitative estimate of drug-likeness (QED) is 0.762. The lowest BCUT2D eigenvalue weighted by molar-refractivity contribution is 0.301. The van der Waals surface area contributed by atoms with Crippen molar-refractivity contribution < 1.29 is 9.50 Å². The smallest absolute Gasteiger partial charge is 0.129 e. The normalized spacial score (nSPS) is 10.6. The van der Waals surface area contributed by atoms with E-state index in [0.717, 1.165) is 18.7 Å². The minimum absolute atomic E-state index is 0.0789.